The van der Waals surface area contributed by atoms with Gasteiger partial charge in [-0.15, -0.1) is 12.4 Å². The number of aromatic nitrogens is 1. The van der Waals surface area contributed by atoms with Crippen molar-refractivity contribution >= 4 is 51.8 Å². The molecule has 0 aliphatic carbocycles. The van der Waals surface area contributed by atoms with Gasteiger partial charge < -0.3 is 15.2 Å². The first-order valence-electron chi connectivity index (χ1n) is 6.92. The molecule has 21 heavy (non-hydrogen) atoms. The number of hydrogen-bond donors (Lipinski definition) is 2. The summed E-state index contributed by atoms with van der Waals surface area (Å²) in [4.78, 5) is 17.5. The first-order chi connectivity index (χ1) is 9.63. The van der Waals surface area contributed by atoms with E-state index in [4.69, 9.17) is 0 Å². The van der Waals surface area contributed by atoms with Crippen molar-refractivity contribution in [1.29, 1.82) is 0 Å². The van der Waals surface area contributed by atoms with E-state index >= 15 is 0 Å². The molecule has 1 aromatic heterocycles. The van der Waals surface area contributed by atoms with E-state index in [1.165, 1.54) is 3.57 Å². The van der Waals surface area contributed by atoms with Crippen LogP contribution in [0.5, 0.6) is 0 Å². The molecular weight excluding hydrogens is 399 g/mol. The molecule has 1 heterocycles. The summed E-state index contributed by atoms with van der Waals surface area (Å²) in [6.07, 6.45) is 0. The van der Waals surface area contributed by atoms with Crippen LogP contribution in [0.1, 0.15) is 24.3 Å². The molecule has 0 radical (unpaired) electrons. The van der Waals surface area contributed by atoms with Gasteiger partial charge in [-0.3, -0.25) is 4.79 Å². The number of aromatic amines is 1. The lowest BCUT2D eigenvalue weighted by Gasteiger charge is -2.17. The van der Waals surface area contributed by atoms with Crippen LogP contribution in [0.3, 0.4) is 0 Å². The molecule has 0 aliphatic heterocycles. The third kappa shape index (κ3) is 4.86. The minimum atomic E-state index is -0.0386. The van der Waals surface area contributed by atoms with Gasteiger partial charge in [-0.05, 0) is 59.9 Å². The van der Waals surface area contributed by atoms with Crippen molar-refractivity contribution in [2.24, 2.45) is 0 Å². The predicted molar refractivity (Wildman–Crippen MR) is 98.4 cm³/mol. The van der Waals surface area contributed by atoms with Crippen molar-refractivity contribution in [3.8, 4) is 0 Å². The minimum absolute atomic E-state index is 0. The SMILES string of the molecule is CCN(CC)CCNC(=O)c1cc2cc([125I])ccc2[nH]1.Cl. The minimum Gasteiger partial charge on any atom is -0.351 e. The Bertz CT molecular complexity index is 596. The number of nitrogens with zero attached hydrogens (tertiary/aromatic N) is 1. The van der Waals surface area contributed by atoms with E-state index in [2.05, 4.69) is 57.7 Å². The van der Waals surface area contributed by atoms with Gasteiger partial charge in [0.1, 0.15) is 5.69 Å². The summed E-state index contributed by atoms with van der Waals surface area (Å²) < 4.78 is 1.17. The normalized spacial score (nSPS) is 10.7. The van der Waals surface area contributed by atoms with Gasteiger partial charge in [0.2, 0.25) is 0 Å². The topological polar surface area (TPSA) is 48.1 Å². The van der Waals surface area contributed by atoms with E-state index in [1.807, 2.05) is 18.2 Å². The van der Waals surface area contributed by atoms with Crippen molar-refractivity contribution in [2.75, 3.05) is 26.2 Å². The van der Waals surface area contributed by atoms with E-state index in [0.717, 1.165) is 30.5 Å². The molecule has 0 fully saturated rings. The number of likely N-dealkylation sites (N-methyl/N-ethyl adjacent to an activating group) is 1. The number of fused-ring (bicyclic) bond motifs is 1. The van der Waals surface area contributed by atoms with Gasteiger partial charge in [0.25, 0.3) is 5.91 Å². The van der Waals surface area contributed by atoms with Crippen LogP contribution in [0.25, 0.3) is 10.9 Å². The van der Waals surface area contributed by atoms with Crippen molar-refractivity contribution in [3.05, 3.63) is 33.5 Å². The maximum atomic E-state index is 12.1. The second kappa shape index (κ2) is 8.60. The third-order valence-corrected chi connectivity index (χ3v) is 4.11. The molecule has 0 atom stereocenters. The maximum absolute atomic E-state index is 12.1. The van der Waals surface area contributed by atoms with Gasteiger partial charge in [0.15, 0.2) is 0 Å². The molecule has 2 rings (SSSR count). The first-order valence-corrected chi connectivity index (χ1v) is 8.00. The van der Waals surface area contributed by atoms with E-state index in [1.54, 1.807) is 0 Å². The lowest BCUT2D eigenvalue weighted by atomic mass is 10.2. The first kappa shape index (κ1) is 18.3. The van der Waals surface area contributed by atoms with Crippen LogP contribution in [0.2, 0.25) is 0 Å². The molecule has 0 unspecified atom stereocenters. The highest BCUT2D eigenvalue weighted by atomic mass is 125. The molecule has 116 valence electrons. The summed E-state index contributed by atoms with van der Waals surface area (Å²) in [7, 11) is 0. The zero-order chi connectivity index (χ0) is 14.5. The Morgan fingerprint density at radius 2 is 2.00 bits per heavy atom. The number of carbonyl (C=O) groups excluding carboxylic acids is 1. The Hall–Kier alpha value is -0.790. The summed E-state index contributed by atoms with van der Waals surface area (Å²) in [6.45, 7) is 7.84. The van der Waals surface area contributed by atoms with Crippen molar-refractivity contribution in [1.82, 2.24) is 15.2 Å². The summed E-state index contributed by atoms with van der Waals surface area (Å²) in [5.41, 5.74) is 1.63. The Morgan fingerprint density at radius 1 is 1.29 bits per heavy atom. The number of H-pyrrole nitrogens is 1. The predicted octanol–water partition coefficient (Wildman–Crippen LogP) is 3.27. The van der Waals surface area contributed by atoms with Gasteiger partial charge in [0.05, 0.1) is 0 Å². The van der Waals surface area contributed by atoms with Crippen LogP contribution in [0, 0.1) is 3.57 Å². The van der Waals surface area contributed by atoms with Crippen molar-refractivity contribution in [2.45, 2.75) is 13.8 Å². The Labute approximate surface area is 145 Å². The second-order valence-electron chi connectivity index (χ2n) is 4.70. The average Bonchev–Trinajstić information content (AvgIpc) is 2.86. The van der Waals surface area contributed by atoms with Gasteiger partial charge >= 0.3 is 0 Å². The number of amides is 1. The summed E-state index contributed by atoms with van der Waals surface area (Å²) in [5.74, 6) is -0.0386. The number of benzene rings is 1. The molecule has 2 aromatic rings. The number of halogens is 2. The summed E-state index contributed by atoms with van der Waals surface area (Å²) >= 11 is 2.27. The molecule has 1 aromatic carbocycles. The highest BCUT2D eigenvalue weighted by Crippen LogP contribution is 2.18. The molecular formula is C15H21ClIN3O. The molecule has 0 saturated heterocycles. The Balaban J connectivity index is 0.00000220. The number of rotatable bonds is 6. The number of hydrogen-bond acceptors (Lipinski definition) is 2. The molecule has 0 aliphatic rings. The molecule has 0 spiro atoms. The van der Waals surface area contributed by atoms with Gasteiger partial charge in [0, 0.05) is 27.6 Å². The third-order valence-electron chi connectivity index (χ3n) is 3.44. The maximum Gasteiger partial charge on any atom is 0.267 e. The van der Waals surface area contributed by atoms with Crippen molar-refractivity contribution in [3.63, 3.8) is 0 Å². The van der Waals surface area contributed by atoms with Crippen LogP contribution in [-0.4, -0.2) is 42.0 Å². The molecule has 2 N–H and O–H groups in total. The molecule has 0 saturated carbocycles. The monoisotopic (exact) mass is 419 g/mol. The molecule has 4 nitrogen and oxygen atoms in total. The average molecular weight is 420 g/mol. The zero-order valence-electron chi connectivity index (χ0n) is 12.3. The van der Waals surface area contributed by atoms with E-state index in [-0.39, 0.29) is 18.3 Å². The Morgan fingerprint density at radius 3 is 2.67 bits per heavy atom. The fourth-order valence-electron chi connectivity index (χ4n) is 2.19. The van der Waals surface area contributed by atoms with E-state index in [9.17, 15) is 4.79 Å². The van der Waals surface area contributed by atoms with Crippen LogP contribution in [-0.2, 0) is 0 Å². The number of nitrogens with one attached hydrogen (secondary N) is 2. The molecule has 0 bridgehead atoms. The highest BCUT2D eigenvalue weighted by molar-refractivity contribution is 14.1. The standard InChI is InChI=1S/C15H20IN3O.ClH/c1-3-19(4-2)8-7-17-15(20)14-10-11-9-12(16)5-6-13(11)18-14;/h5-6,9-10,18H,3-4,7-8H2,1-2H3,(H,17,20);1H/i16-2;. The number of carbonyl (C=O) groups is 1. The largest absolute Gasteiger partial charge is 0.351 e. The van der Waals surface area contributed by atoms with Gasteiger partial charge in [-0.25, -0.2) is 0 Å². The van der Waals surface area contributed by atoms with Crippen LogP contribution >= 0.6 is 35.0 Å². The quantitative estimate of drug-likeness (QED) is 0.706. The Kier molecular flexibility index (Phi) is 7.48. The fourth-order valence-corrected chi connectivity index (χ4v) is 2.70. The smallest absolute Gasteiger partial charge is 0.267 e. The van der Waals surface area contributed by atoms with Crippen molar-refractivity contribution < 1.29 is 4.79 Å². The lowest BCUT2D eigenvalue weighted by Crippen LogP contribution is -2.34. The zero-order valence-corrected chi connectivity index (χ0v) is 15.3. The fraction of sp³-hybridized carbons (Fsp3) is 0.400. The highest BCUT2D eigenvalue weighted by Gasteiger charge is 2.09. The summed E-state index contributed by atoms with van der Waals surface area (Å²) in [6, 6.07) is 8.01. The lowest BCUT2D eigenvalue weighted by molar-refractivity contribution is 0.0945. The van der Waals surface area contributed by atoms with Crippen LogP contribution < -0.4 is 5.32 Å². The summed E-state index contributed by atoms with van der Waals surface area (Å²) in [5, 5.41) is 4.03. The van der Waals surface area contributed by atoms with Gasteiger partial charge in [-0.1, -0.05) is 13.8 Å². The molecule has 1 amide bonds. The van der Waals surface area contributed by atoms with E-state index < -0.39 is 0 Å². The second-order valence-corrected chi connectivity index (χ2v) is 5.94. The van der Waals surface area contributed by atoms with Crippen LogP contribution in [0.15, 0.2) is 24.3 Å². The molecule has 6 heteroatoms. The van der Waals surface area contributed by atoms with Gasteiger partial charge in [-0.2, -0.15) is 0 Å². The van der Waals surface area contributed by atoms with Crippen LogP contribution in [0.4, 0.5) is 0 Å². The van der Waals surface area contributed by atoms with E-state index in [0.29, 0.717) is 12.2 Å².